The Morgan fingerprint density at radius 1 is 1.20 bits per heavy atom. The van der Waals surface area contributed by atoms with Crippen molar-refractivity contribution in [2.24, 2.45) is 9.98 Å². The molecule has 2 aromatic carbocycles. The highest BCUT2D eigenvalue weighted by molar-refractivity contribution is 8.15. The van der Waals surface area contributed by atoms with Crippen LogP contribution in [-0.2, 0) is 16.1 Å². The molecule has 1 amide bonds. The number of carbonyl (C=O) groups is 1. The second kappa shape index (κ2) is 12.6. The monoisotopic (exact) mass is 494 g/mol. The molecule has 0 spiro atoms. The second-order valence-electron chi connectivity index (χ2n) is 7.13. The van der Waals surface area contributed by atoms with Gasteiger partial charge in [-0.05, 0) is 54.3 Å². The van der Waals surface area contributed by atoms with E-state index in [9.17, 15) is 4.79 Å². The number of hydrogen-bond donors (Lipinski definition) is 0. The Kier molecular flexibility index (Phi) is 9.33. The summed E-state index contributed by atoms with van der Waals surface area (Å²) < 4.78 is 20.9. The van der Waals surface area contributed by atoms with Gasteiger partial charge in [-0.15, -0.1) is 11.8 Å². The number of rotatable bonds is 9. The minimum absolute atomic E-state index is 0.338. The fraction of sp³-hybridized carbons (Fsp3) is 0.240. The van der Waals surface area contributed by atoms with Crippen LogP contribution in [0.3, 0.4) is 0 Å². The van der Waals surface area contributed by atoms with E-state index in [1.54, 1.807) is 20.1 Å². The molecule has 0 unspecified atom stereocenters. The molecule has 10 heteroatoms. The molecule has 0 radical (unpaired) electrons. The summed E-state index contributed by atoms with van der Waals surface area (Å²) in [7, 11) is 2.89. The van der Waals surface area contributed by atoms with Crippen LogP contribution >= 0.6 is 11.8 Å². The fourth-order valence-electron chi connectivity index (χ4n) is 3.08. The van der Waals surface area contributed by atoms with E-state index in [-0.39, 0.29) is 0 Å². The van der Waals surface area contributed by atoms with Gasteiger partial charge in [-0.25, -0.2) is 9.79 Å². The number of amides is 1. The number of aliphatic imine (C=N–C) groups is 2. The van der Waals surface area contributed by atoms with E-state index in [4.69, 9.17) is 23.7 Å². The number of thioether (sulfide) groups is 1. The van der Waals surface area contributed by atoms with Crippen LogP contribution in [0, 0.1) is 6.92 Å². The largest absolute Gasteiger partial charge is 0.490 e. The Morgan fingerprint density at radius 2 is 1.97 bits per heavy atom. The van der Waals surface area contributed by atoms with Crippen LogP contribution in [-0.4, -0.2) is 54.1 Å². The maximum absolute atomic E-state index is 12.0. The summed E-state index contributed by atoms with van der Waals surface area (Å²) in [5.74, 6) is 1.59. The van der Waals surface area contributed by atoms with Gasteiger partial charge in [-0.3, -0.25) is 0 Å². The van der Waals surface area contributed by atoms with Gasteiger partial charge in [0.25, 0.3) is 0 Å². The van der Waals surface area contributed by atoms with Crippen molar-refractivity contribution in [2.75, 3.05) is 27.1 Å². The first kappa shape index (κ1) is 25.9. The first-order chi connectivity index (χ1) is 17.0. The molecular weight excluding hydrogens is 468 g/mol. The molecule has 1 heterocycles. The van der Waals surface area contributed by atoms with Gasteiger partial charge in [-0.1, -0.05) is 17.8 Å². The Hall–Kier alpha value is -3.76. The molecular formula is C25H26N4O5S. The van der Waals surface area contributed by atoms with Crippen molar-refractivity contribution in [1.29, 1.82) is 0 Å². The number of ether oxygens (including phenoxy) is 3. The third-order valence-corrected chi connectivity index (χ3v) is 5.25. The minimum atomic E-state index is -0.721. The zero-order chi connectivity index (χ0) is 25.2. The lowest BCUT2D eigenvalue weighted by molar-refractivity contribution is 0.182. The van der Waals surface area contributed by atoms with E-state index in [0.29, 0.717) is 52.7 Å². The van der Waals surface area contributed by atoms with Gasteiger partial charge in [-0.2, -0.15) is 9.98 Å². The molecule has 3 rings (SSSR count). The molecule has 0 fully saturated rings. The standard InChI is InChI=1S/C25H26N4O5S/c1-6-11-33-21-13-17(15-31-3)12-19(14-21)22(24(35-5)28-25(30)32-4)27-20-9-7-18(8-10-20)23-26-16(2)34-29-23/h6-10,12-14H,1,11,15H2,2-5H3. The highest BCUT2D eigenvalue weighted by Crippen LogP contribution is 2.25. The van der Waals surface area contributed by atoms with Crippen molar-refractivity contribution in [3.8, 4) is 17.1 Å². The van der Waals surface area contributed by atoms with Crippen LogP contribution in [0.5, 0.6) is 5.75 Å². The summed E-state index contributed by atoms with van der Waals surface area (Å²) in [4.78, 5) is 25.2. The fourth-order valence-corrected chi connectivity index (χ4v) is 3.60. The quantitative estimate of drug-likeness (QED) is 0.221. The predicted octanol–water partition coefficient (Wildman–Crippen LogP) is 5.40. The molecule has 35 heavy (non-hydrogen) atoms. The number of carbonyl (C=O) groups excluding carboxylic acids is 1. The zero-order valence-electron chi connectivity index (χ0n) is 20.0. The van der Waals surface area contributed by atoms with E-state index < -0.39 is 6.09 Å². The van der Waals surface area contributed by atoms with Crippen molar-refractivity contribution < 1.29 is 23.5 Å². The predicted molar refractivity (Wildman–Crippen MR) is 137 cm³/mol. The minimum Gasteiger partial charge on any atom is -0.490 e. The van der Waals surface area contributed by atoms with Gasteiger partial charge in [0.1, 0.15) is 23.1 Å². The van der Waals surface area contributed by atoms with Crippen LogP contribution in [0.2, 0.25) is 0 Å². The number of hydrogen-bond acceptors (Lipinski definition) is 9. The molecule has 3 aromatic rings. The SMILES string of the molecule is C=CCOc1cc(COC)cc(C(=Nc2ccc(-c3noc(C)n3)cc2)C(=NC(=O)OC)SC)c1. The van der Waals surface area contributed by atoms with E-state index >= 15 is 0 Å². The average molecular weight is 495 g/mol. The number of aromatic nitrogens is 2. The maximum Gasteiger partial charge on any atom is 0.434 e. The van der Waals surface area contributed by atoms with Crippen molar-refractivity contribution >= 4 is 34.3 Å². The number of aryl methyl sites for hydroxylation is 1. The Morgan fingerprint density at radius 3 is 2.57 bits per heavy atom. The molecule has 0 saturated carbocycles. The molecule has 0 aliphatic rings. The van der Waals surface area contributed by atoms with Gasteiger partial charge in [0.15, 0.2) is 0 Å². The normalized spacial score (nSPS) is 11.9. The average Bonchev–Trinajstić information content (AvgIpc) is 3.31. The summed E-state index contributed by atoms with van der Waals surface area (Å²) >= 11 is 1.28. The Labute approximate surface area is 207 Å². The molecule has 9 nitrogen and oxygen atoms in total. The van der Waals surface area contributed by atoms with Gasteiger partial charge in [0.05, 0.1) is 19.4 Å². The molecule has 0 N–H and O–H groups in total. The summed E-state index contributed by atoms with van der Waals surface area (Å²) in [6.45, 7) is 6.14. The van der Waals surface area contributed by atoms with Crippen LogP contribution < -0.4 is 4.74 Å². The number of methoxy groups -OCH3 is 2. The molecule has 182 valence electrons. The Bertz CT molecular complexity index is 1230. The van der Waals surface area contributed by atoms with Crippen LogP contribution in [0.25, 0.3) is 11.4 Å². The Balaban J connectivity index is 2.11. The maximum atomic E-state index is 12.0. The molecule has 0 atom stereocenters. The lowest BCUT2D eigenvalue weighted by atomic mass is 10.1. The lowest BCUT2D eigenvalue weighted by Crippen LogP contribution is -2.15. The van der Waals surface area contributed by atoms with Crippen molar-refractivity contribution in [3.05, 3.63) is 72.1 Å². The summed E-state index contributed by atoms with van der Waals surface area (Å²) in [6, 6.07) is 13.0. The molecule has 1 aromatic heterocycles. The van der Waals surface area contributed by atoms with Gasteiger partial charge >= 0.3 is 6.09 Å². The topological polar surface area (TPSA) is 108 Å². The summed E-state index contributed by atoms with van der Waals surface area (Å²) in [5, 5.41) is 4.33. The second-order valence-corrected chi connectivity index (χ2v) is 7.93. The highest BCUT2D eigenvalue weighted by Gasteiger charge is 2.17. The smallest absolute Gasteiger partial charge is 0.434 e. The van der Waals surface area contributed by atoms with E-state index in [1.165, 1.54) is 18.9 Å². The van der Waals surface area contributed by atoms with Gasteiger partial charge < -0.3 is 18.7 Å². The molecule has 0 saturated heterocycles. The third-order valence-electron chi connectivity index (χ3n) is 4.58. The molecule has 0 aliphatic carbocycles. The van der Waals surface area contributed by atoms with Crippen molar-refractivity contribution in [2.45, 2.75) is 13.5 Å². The third kappa shape index (κ3) is 7.11. The first-order valence-corrected chi connectivity index (χ1v) is 11.8. The molecule has 0 bridgehead atoms. The van der Waals surface area contributed by atoms with Gasteiger partial charge in [0.2, 0.25) is 11.7 Å². The summed E-state index contributed by atoms with van der Waals surface area (Å²) in [6.07, 6.45) is 2.75. The van der Waals surface area contributed by atoms with E-state index in [0.717, 1.165) is 11.1 Å². The van der Waals surface area contributed by atoms with Crippen molar-refractivity contribution in [3.63, 3.8) is 0 Å². The van der Waals surface area contributed by atoms with E-state index in [1.807, 2.05) is 48.7 Å². The number of benzene rings is 2. The highest BCUT2D eigenvalue weighted by atomic mass is 32.2. The number of nitrogens with zero attached hydrogens (tertiary/aromatic N) is 4. The first-order valence-electron chi connectivity index (χ1n) is 10.5. The zero-order valence-corrected chi connectivity index (χ0v) is 20.8. The summed E-state index contributed by atoms with van der Waals surface area (Å²) in [5.41, 5.74) is 3.48. The lowest BCUT2D eigenvalue weighted by Gasteiger charge is -2.13. The van der Waals surface area contributed by atoms with Crippen molar-refractivity contribution in [1.82, 2.24) is 10.1 Å². The molecule has 0 aliphatic heterocycles. The van der Waals surface area contributed by atoms with Crippen LogP contribution in [0.1, 0.15) is 17.0 Å². The van der Waals surface area contributed by atoms with E-state index in [2.05, 4.69) is 21.7 Å². The van der Waals surface area contributed by atoms with Crippen LogP contribution in [0.15, 0.2) is 69.6 Å². The van der Waals surface area contributed by atoms with Crippen LogP contribution in [0.4, 0.5) is 10.5 Å². The van der Waals surface area contributed by atoms with Gasteiger partial charge in [0, 0.05) is 25.2 Å².